The van der Waals surface area contributed by atoms with Crippen molar-refractivity contribution in [1.82, 2.24) is 10.2 Å². The third kappa shape index (κ3) is 3.96. The standard InChI is InChI=1S/C21H25F3N4O/c1-29-6-2-3-19-15-10-14(25)7-12(15)11-28(19)20-5-4-18(26-27-20)16-8-13(22)9-17(23)21(16)24/h4-5,8-9,12,14-15,19H,2-3,6-7,10-11,25H2,1H3/t12-,14+,15+,19+/m1/s1. The number of rotatable bonds is 6. The Balaban J connectivity index is 1.57. The van der Waals surface area contributed by atoms with Crippen LogP contribution in [0, 0.1) is 29.3 Å². The maximum atomic E-state index is 14.1. The Labute approximate surface area is 168 Å². The van der Waals surface area contributed by atoms with Crippen LogP contribution in [0.2, 0.25) is 0 Å². The molecule has 2 N–H and O–H groups in total. The number of halogens is 3. The van der Waals surface area contributed by atoms with Gasteiger partial charge in [0.25, 0.3) is 0 Å². The molecule has 5 nitrogen and oxygen atoms in total. The summed E-state index contributed by atoms with van der Waals surface area (Å²) in [6.07, 6.45) is 3.91. The van der Waals surface area contributed by atoms with Gasteiger partial charge in [-0.25, -0.2) is 13.2 Å². The van der Waals surface area contributed by atoms with E-state index >= 15 is 0 Å². The lowest BCUT2D eigenvalue weighted by atomic mass is 9.91. The van der Waals surface area contributed by atoms with Gasteiger partial charge in [0.05, 0.1) is 5.69 Å². The molecule has 156 valence electrons. The summed E-state index contributed by atoms with van der Waals surface area (Å²) in [4.78, 5) is 2.25. The number of aromatic nitrogens is 2. The average molecular weight is 406 g/mol. The van der Waals surface area contributed by atoms with Crippen LogP contribution >= 0.6 is 0 Å². The van der Waals surface area contributed by atoms with Gasteiger partial charge in [-0.15, -0.1) is 10.2 Å². The van der Waals surface area contributed by atoms with Crippen LogP contribution in [-0.4, -0.2) is 42.5 Å². The van der Waals surface area contributed by atoms with Crippen LogP contribution in [0.4, 0.5) is 19.0 Å². The van der Waals surface area contributed by atoms with Crippen molar-refractivity contribution in [1.29, 1.82) is 0 Å². The van der Waals surface area contributed by atoms with Crippen molar-refractivity contribution in [3.05, 3.63) is 41.7 Å². The summed E-state index contributed by atoms with van der Waals surface area (Å²) in [6, 6.07) is 5.29. The van der Waals surface area contributed by atoms with Gasteiger partial charge in [0.15, 0.2) is 17.5 Å². The first-order valence-electron chi connectivity index (χ1n) is 9.97. The number of ether oxygens (including phenoxy) is 1. The molecule has 1 saturated carbocycles. The lowest BCUT2D eigenvalue weighted by Crippen LogP contribution is -2.35. The molecule has 29 heavy (non-hydrogen) atoms. The number of hydrogen-bond donors (Lipinski definition) is 1. The summed E-state index contributed by atoms with van der Waals surface area (Å²) in [7, 11) is 1.69. The quantitative estimate of drug-likeness (QED) is 0.587. The molecule has 2 aromatic rings. The van der Waals surface area contributed by atoms with Gasteiger partial charge in [0.1, 0.15) is 5.82 Å². The van der Waals surface area contributed by atoms with Crippen LogP contribution in [0.3, 0.4) is 0 Å². The molecule has 0 bridgehead atoms. The maximum absolute atomic E-state index is 14.1. The highest BCUT2D eigenvalue weighted by atomic mass is 19.2. The van der Waals surface area contributed by atoms with Crippen molar-refractivity contribution in [2.45, 2.75) is 37.8 Å². The van der Waals surface area contributed by atoms with Gasteiger partial charge in [-0.1, -0.05) is 0 Å². The molecule has 0 unspecified atom stereocenters. The molecule has 1 aliphatic heterocycles. The highest BCUT2D eigenvalue weighted by molar-refractivity contribution is 5.61. The van der Waals surface area contributed by atoms with Gasteiger partial charge < -0.3 is 15.4 Å². The summed E-state index contributed by atoms with van der Waals surface area (Å²) >= 11 is 0. The Morgan fingerprint density at radius 1 is 1.17 bits per heavy atom. The van der Waals surface area contributed by atoms with E-state index < -0.39 is 17.5 Å². The molecule has 2 heterocycles. The molecule has 0 amide bonds. The minimum Gasteiger partial charge on any atom is -0.385 e. The Kier molecular flexibility index (Phi) is 5.74. The third-order valence-corrected chi connectivity index (χ3v) is 6.17. The van der Waals surface area contributed by atoms with Gasteiger partial charge in [0.2, 0.25) is 0 Å². The summed E-state index contributed by atoms with van der Waals surface area (Å²) < 4.78 is 46.3. The second kappa shape index (κ2) is 8.28. The van der Waals surface area contributed by atoms with Crippen molar-refractivity contribution in [2.24, 2.45) is 17.6 Å². The van der Waals surface area contributed by atoms with Crippen molar-refractivity contribution in [3.8, 4) is 11.3 Å². The Morgan fingerprint density at radius 2 is 2.00 bits per heavy atom. The molecule has 2 fully saturated rings. The number of nitrogens with two attached hydrogens (primary N) is 1. The molecular formula is C21H25F3N4O. The zero-order valence-corrected chi connectivity index (χ0v) is 16.3. The fraction of sp³-hybridized carbons (Fsp3) is 0.524. The number of nitrogens with zero attached hydrogens (tertiary/aromatic N) is 3. The van der Waals surface area contributed by atoms with E-state index in [4.69, 9.17) is 10.5 Å². The van der Waals surface area contributed by atoms with Crippen LogP contribution in [0.1, 0.15) is 25.7 Å². The highest BCUT2D eigenvalue weighted by Gasteiger charge is 2.46. The van der Waals surface area contributed by atoms with E-state index in [-0.39, 0.29) is 17.3 Å². The van der Waals surface area contributed by atoms with Crippen LogP contribution in [0.15, 0.2) is 24.3 Å². The zero-order valence-electron chi connectivity index (χ0n) is 16.3. The van der Waals surface area contributed by atoms with Crippen molar-refractivity contribution >= 4 is 5.82 Å². The van der Waals surface area contributed by atoms with Crippen LogP contribution in [0.5, 0.6) is 0 Å². The van der Waals surface area contributed by atoms with Gasteiger partial charge in [-0.2, -0.15) is 0 Å². The van der Waals surface area contributed by atoms with Crippen LogP contribution < -0.4 is 10.6 Å². The van der Waals surface area contributed by atoms with Crippen molar-refractivity contribution < 1.29 is 17.9 Å². The van der Waals surface area contributed by atoms with E-state index in [1.54, 1.807) is 19.2 Å². The first kappa shape index (κ1) is 20.1. The minimum atomic E-state index is -1.24. The summed E-state index contributed by atoms with van der Waals surface area (Å²) in [6.45, 7) is 1.55. The molecule has 1 aromatic heterocycles. The van der Waals surface area contributed by atoms with Gasteiger partial charge in [0, 0.05) is 44.0 Å². The smallest absolute Gasteiger partial charge is 0.168 e. The lowest BCUT2D eigenvalue weighted by molar-refractivity contribution is 0.187. The van der Waals surface area contributed by atoms with Crippen molar-refractivity contribution in [2.75, 3.05) is 25.2 Å². The van der Waals surface area contributed by atoms with E-state index in [1.807, 2.05) is 0 Å². The predicted molar refractivity (Wildman–Crippen MR) is 104 cm³/mol. The lowest BCUT2D eigenvalue weighted by Gasteiger charge is -2.29. The molecule has 4 rings (SSSR count). The Hall–Kier alpha value is -2.19. The Morgan fingerprint density at radius 3 is 2.72 bits per heavy atom. The molecule has 0 spiro atoms. The second-order valence-electron chi connectivity index (χ2n) is 8.04. The van der Waals surface area contributed by atoms with Crippen LogP contribution in [-0.2, 0) is 4.74 Å². The number of methoxy groups -OCH3 is 1. The SMILES string of the molecule is COCCC[C@H]1[C@H]2C[C@@H](N)C[C@@H]2CN1c1ccc(-c2cc(F)cc(F)c2F)nn1. The molecule has 0 radical (unpaired) electrons. The molecule has 1 aliphatic carbocycles. The second-order valence-corrected chi connectivity index (χ2v) is 8.04. The minimum absolute atomic E-state index is 0.0991. The topological polar surface area (TPSA) is 64.3 Å². The predicted octanol–water partition coefficient (Wildman–Crippen LogP) is 3.53. The fourth-order valence-electron chi connectivity index (χ4n) is 4.94. The summed E-state index contributed by atoms with van der Waals surface area (Å²) in [5.41, 5.74) is 6.05. The van der Waals surface area contributed by atoms with E-state index in [0.717, 1.165) is 38.3 Å². The largest absolute Gasteiger partial charge is 0.385 e. The first-order chi connectivity index (χ1) is 14.0. The van der Waals surface area contributed by atoms with Gasteiger partial charge in [-0.3, -0.25) is 0 Å². The molecular weight excluding hydrogens is 381 g/mol. The van der Waals surface area contributed by atoms with Gasteiger partial charge in [-0.05, 0) is 55.7 Å². The average Bonchev–Trinajstić information content (AvgIpc) is 3.22. The number of anilines is 1. The number of hydrogen-bond acceptors (Lipinski definition) is 5. The molecule has 8 heteroatoms. The maximum Gasteiger partial charge on any atom is 0.168 e. The molecule has 4 atom stereocenters. The molecule has 1 aromatic carbocycles. The molecule has 1 saturated heterocycles. The van der Waals surface area contributed by atoms with Gasteiger partial charge >= 0.3 is 0 Å². The summed E-state index contributed by atoms with van der Waals surface area (Å²) in [5.74, 6) is -1.50. The van der Waals surface area contributed by atoms with Crippen LogP contribution in [0.25, 0.3) is 11.3 Å². The van der Waals surface area contributed by atoms with E-state index in [9.17, 15) is 13.2 Å². The van der Waals surface area contributed by atoms with Crippen molar-refractivity contribution in [3.63, 3.8) is 0 Å². The normalized spacial score (nSPS) is 26.2. The third-order valence-electron chi connectivity index (χ3n) is 6.17. The highest BCUT2D eigenvalue weighted by Crippen LogP contribution is 2.44. The molecule has 2 aliphatic rings. The van der Waals surface area contributed by atoms with E-state index in [1.165, 1.54) is 0 Å². The zero-order chi connectivity index (χ0) is 20.5. The fourth-order valence-corrected chi connectivity index (χ4v) is 4.94. The van der Waals surface area contributed by atoms with E-state index in [0.29, 0.717) is 36.4 Å². The monoisotopic (exact) mass is 406 g/mol. The number of benzene rings is 1. The summed E-state index contributed by atoms with van der Waals surface area (Å²) in [5, 5.41) is 8.33. The Bertz CT molecular complexity index is 864. The van der Waals surface area contributed by atoms with E-state index in [2.05, 4.69) is 15.1 Å². The first-order valence-corrected chi connectivity index (χ1v) is 9.97. The number of fused-ring (bicyclic) bond motifs is 1.